The molecule has 0 heterocycles. The van der Waals surface area contributed by atoms with Crippen LogP contribution < -0.4 is 5.32 Å². The van der Waals surface area contributed by atoms with Crippen molar-refractivity contribution in [2.24, 2.45) is 5.92 Å². The summed E-state index contributed by atoms with van der Waals surface area (Å²) in [5.74, 6) is 0.829. The molecule has 0 amide bonds. The molecule has 2 nitrogen and oxygen atoms in total. The maximum Gasteiger partial charge on any atom is 0.0618 e. The van der Waals surface area contributed by atoms with Crippen molar-refractivity contribution in [3.05, 3.63) is 34.3 Å². The van der Waals surface area contributed by atoms with Crippen LogP contribution in [0.25, 0.3) is 0 Å². The highest BCUT2D eigenvalue weighted by Crippen LogP contribution is 2.32. The molecule has 88 valence electrons. The van der Waals surface area contributed by atoms with Crippen LogP contribution in [-0.4, -0.2) is 19.8 Å². The lowest BCUT2D eigenvalue weighted by atomic mass is 10.1. The van der Waals surface area contributed by atoms with Crippen molar-refractivity contribution in [1.29, 1.82) is 0 Å². The number of hydrogen-bond donors (Lipinski definition) is 1. The molecule has 1 fully saturated rings. The minimum atomic E-state index is 0.522. The summed E-state index contributed by atoms with van der Waals surface area (Å²) in [7, 11) is 1.77. The highest BCUT2D eigenvalue weighted by molar-refractivity contribution is 9.10. The van der Waals surface area contributed by atoms with Crippen LogP contribution in [0.1, 0.15) is 18.4 Å². The van der Waals surface area contributed by atoms with Crippen LogP contribution in [0, 0.1) is 5.92 Å². The fraction of sp³-hybridized carbons (Fsp3) is 0.538. The largest absolute Gasteiger partial charge is 0.383 e. The smallest absolute Gasteiger partial charge is 0.0618 e. The molecule has 1 atom stereocenters. The van der Waals surface area contributed by atoms with Crippen LogP contribution >= 0.6 is 15.9 Å². The van der Waals surface area contributed by atoms with Gasteiger partial charge in [0.1, 0.15) is 0 Å². The second-order valence-corrected chi connectivity index (χ2v) is 5.32. The minimum absolute atomic E-state index is 0.522. The third-order valence-electron chi connectivity index (χ3n) is 3.02. The van der Waals surface area contributed by atoms with Gasteiger partial charge < -0.3 is 10.1 Å². The van der Waals surface area contributed by atoms with Crippen molar-refractivity contribution in [1.82, 2.24) is 5.32 Å². The van der Waals surface area contributed by atoms with Gasteiger partial charge in [0.2, 0.25) is 0 Å². The van der Waals surface area contributed by atoms with Crippen molar-refractivity contribution >= 4 is 15.9 Å². The molecule has 2 rings (SSSR count). The standard InChI is InChI=1S/C13H18BrNO/c1-16-9-13(11-4-5-11)15-8-10-2-6-12(14)7-3-10/h2-3,6-7,11,13,15H,4-5,8-9H2,1H3. The van der Waals surface area contributed by atoms with E-state index in [-0.39, 0.29) is 0 Å². The average molecular weight is 284 g/mol. The van der Waals surface area contributed by atoms with E-state index in [0.717, 1.165) is 23.5 Å². The Kier molecular flexibility index (Phi) is 4.38. The van der Waals surface area contributed by atoms with E-state index in [1.54, 1.807) is 7.11 Å². The predicted molar refractivity (Wildman–Crippen MR) is 69.4 cm³/mol. The number of nitrogens with one attached hydrogen (secondary N) is 1. The molecule has 0 spiro atoms. The lowest BCUT2D eigenvalue weighted by molar-refractivity contribution is 0.157. The molecule has 1 aromatic rings. The van der Waals surface area contributed by atoms with E-state index < -0.39 is 0 Å². The molecule has 1 N–H and O–H groups in total. The Bertz CT molecular complexity index is 321. The van der Waals surface area contributed by atoms with E-state index in [4.69, 9.17) is 4.74 Å². The third-order valence-corrected chi connectivity index (χ3v) is 3.55. The summed E-state index contributed by atoms with van der Waals surface area (Å²) in [6.45, 7) is 1.75. The third kappa shape index (κ3) is 3.58. The molecule has 0 radical (unpaired) electrons. The zero-order valence-corrected chi connectivity index (χ0v) is 11.2. The lowest BCUT2D eigenvalue weighted by Crippen LogP contribution is -2.34. The van der Waals surface area contributed by atoms with Gasteiger partial charge in [-0.05, 0) is 36.5 Å². The predicted octanol–water partition coefficient (Wildman–Crippen LogP) is 2.96. The van der Waals surface area contributed by atoms with E-state index in [2.05, 4.69) is 45.5 Å². The first-order valence-corrected chi connectivity index (χ1v) is 6.55. The maximum atomic E-state index is 5.24. The summed E-state index contributed by atoms with van der Waals surface area (Å²) in [5.41, 5.74) is 1.32. The fourth-order valence-corrected chi connectivity index (χ4v) is 2.16. The highest BCUT2D eigenvalue weighted by atomic mass is 79.9. The quantitative estimate of drug-likeness (QED) is 0.867. The highest BCUT2D eigenvalue weighted by Gasteiger charge is 2.30. The van der Waals surface area contributed by atoms with Crippen molar-refractivity contribution in [3.8, 4) is 0 Å². The number of hydrogen-bond acceptors (Lipinski definition) is 2. The second kappa shape index (κ2) is 5.80. The van der Waals surface area contributed by atoms with Gasteiger partial charge in [-0.2, -0.15) is 0 Å². The Hall–Kier alpha value is -0.380. The first kappa shape index (κ1) is 12.1. The monoisotopic (exact) mass is 283 g/mol. The normalized spacial score (nSPS) is 17.4. The Morgan fingerprint density at radius 1 is 1.38 bits per heavy atom. The minimum Gasteiger partial charge on any atom is -0.383 e. The topological polar surface area (TPSA) is 21.3 Å². The van der Waals surface area contributed by atoms with Gasteiger partial charge in [0.15, 0.2) is 0 Å². The number of ether oxygens (including phenoxy) is 1. The first-order valence-electron chi connectivity index (χ1n) is 5.76. The van der Waals surface area contributed by atoms with Crippen LogP contribution in [0.3, 0.4) is 0 Å². The van der Waals surface area contributed by atoms with Crippen LogP contribution in [0.15, 0.2) is 28.7 Å². The summed E-state index contributed by atoms with van der Waals surface area (Å²) in [5, 5.41) is 3.58. The number of rotatable bonds is 6. The maximum absolute atomic E-state index is 5.24. The average Bonchev–Trinajstić information content (AvgIpc) is 3.10. The number of benzene rings is 1. The molecule has 3 heteroatoms. The first-order chi connectivity index (χ1) is 7.79. The van der Waals surface area contributed by atoms with Crippen LogP contribution in [0.4, 0.5) is 0 Å². The molecular weight excluding hydrogens is 266 g/mol. The van der Waals surface area contributed by atoms with E-state index in [9.17, 15) is 0 Å². The van der Waals surface area contributed by atoms with E-state index in [0.29, 0.717) is 6.04 Å². The van der Waals surface area contributed by atoms with Gasteiger partial charge in [0.25, 0.3) is 0 Å². The lowest BCUT2D eigenvalue weighted by Gasteiger charge is -2.17. The number of methoxy groups -OCH3 is 1. The van der Waals surface area contributed by atoms with Gasteiger partial charge in [-0.1, -0.05) is 28.1 Å². The van der Waals surface area contributed by atoms with Crippen molar-refractivity contribution in [2.75, 3.05) is 13.7 Å². The van der Waals surface area contributed by atoms with Crippen molar-refractivity contribution in [2.45, 2.75) is 25.4 Å². The van der Waals surface area contributed by atoms with Crippen molar-refractivity contribution < 1.29 is 4.74 Å². The van der Waals surface area contributed by atoms with Gasteiger partial charge in [-0.25, -0.2) is 0 Å². The Balaban J connectivity index is 1.82. The summed E-state index contributed by atoms with van der Waals surface area (Å²) in [6, 6.07) is 8.98. The molecule has 0 aliphatic heterocycles. The molecule has 0 aromatic heterocycles. The van der Waals surface area contributed by atoms with E-state index in [1.807, 2.05) is 0 Å². The van der Waals surface area contributed by atoms with Gasteiger partial charge in [-0.3, -0.25) is 0 Å². The summed E-state index contributed by atoms with van der Waals surface area (Å²) in [6.07, 6.45) is 2.70. The zero-order chi connectivity index (χ0) is 11.4. The van der Waals surface area contributed by atoms with Gasteiger partial charge >= 0.3 is 0 Å². The molecule has 0 bridgehead atoms. The van der Waals surface area contributed by atoms with Crippen LogP contribution in [0.5, 0.6) is 0 Å². The summed E-state index contributed by atoms with van der Waals surface area (Å²) >= 11 is 3.44. The van der Waals surface area contributed by atoms with Crippen molar-refractivity contribution in [3.63, 3.8) is 0 Å². The van der Waals surface area contributed by atoms with Gasteiger partial charge in [-0.15, -0.1) is 0 Å². The number of halogens is 1. The second-order valence-electron chi connectivity index (χ2n) is 4.41. The summed E-state index contributed by atoms with van der Waals surface area (Å²) in [4.78, 5) is 0. The Morgan fingerprint density at radius 3 is 2.62 bits per heavy atom. The SMILES string of the molecule is COCC(NCc1ccc(Br)cc1)C1CC1. The van der Waals surface area contributed by atoms with Crippen LogP contribution in [-0.2, 0) is 11.3 Å². The fourth-order valence-electron chi connectivity index (χ4n) is 1.89. The van der Waals surface area contributed by atoms with E-state index >= 15 is 0 Å². The molecule has 0 saturated heterocycles. The van der Waals surface area contributed by atoms with Gasteiger partial charge in [0, 0.05) is 24.2 Å². The van der Waals surface area contributed by atoms with Gasteiger partial charge in [0.05, 0.1) is 6.61 Å². The molecule has 1 aliphatic rings. The Morgan fingerprint density at radius 2 is 2.06 bits per heavy atom. The Labute approximate surface area is 106 Å². The molecular formula is C13H18BrNO. The molecule has 1 unspecified atom stereocenters. The van der Waals surface area contributed by atoms with E-state index in [1.165, 1.54) is 18.4 Å². The summed E-state index contributed by atoms with van der Waals surface area (Å²) < 4.78 is 6.37. The molecule has 1 aliphatic carbocycles. The molecule has 1 aromatic carbocycles. The molecule has 1 saturated carbocycles. The zero-order valence-electron chi connectivity index (χ0n) is 9.58. The van der Waals surface area contributed by atoms with Crippen LogP contribution in [0.2, 0.25) is 0 Å². The molecule has 16 heavy (non-hydrogen) atoms.